The Hall–Kier alpha value is -0.0500. The van der Waals surface area contributed by atoms with Crippen molar-refractivity contribution in [3.05, 3.63) is 0 Å². The molecular weight excluding hydrogens is 184 g/mol. The average molecular weight is 204 g/mol. The Bertz CT molecular complexity index is 225. The summed E-state index contributed by atoms with van der Waals surface area (Å²) in [6.07, 6.45) is 7.36. The molecule has 1 fully saturated rings. The van der Waals surface area contributed by atoms with Gasteiger partial charge in [0.2, 0.25) is 0 Å². The van der Waals surface area contributed by atoms with Crippen LogP contribution in [0.25, 0.3) is 0 Å². The monoisotopic (exact) mass is 204 g/mol. The van der Waals surface area contributed by atoms with Gasteiger partial charge in [0, 0.05) is 5.75 Å². The van der Waals surface area contributed by atoms with Crippen LogP contribution in [0.5, 0.6) is 0 Å². The van der Waals surface area contributed by atoms with Crippen molar-refractivity contribution in [3.63, 3.8) is 0 Å². The Morgan fingerprint density at radius 1 is 1.23 bits per heavy atom. The van der Waals surface area contributed by atoms with Crippen LogP contribution in [-0.2, 0) is 9.84 Å². The predicted molar refractivity (Wildman–Crippen MR) is 55.5 cm³/mol. The van der Waals surface area contributed by atoms with Crippen LogP contribution in [0.15, 0.2) is 0 Å². The Balaban J connectivity index is 2.13. The molecule has 1 aliphatic carbocycles. The summed E-state index contributed by atoms with van der Waals surface area (Å²) in [5, 5.41) is 0. The molecule has 1 rings (SSSR count). The third kappa shape index (κ3) is 4.12. The minimum Gasteiger partial charge on any atom is -0.229 e. The molecule has 0 bridgehead atoms. The van der Waals surface area contributed by atoms with Gasteiger partial charge in [-0.05, 0) is 18.8 Å². The van der Waals surface area contributed by atoms with Crippen molar-refractivity contribution < 1.29 is 8.42 Å². The largest absolute Gasteiger partial charge is 0.229 e. The summed E-state index contributed by atoms with van der Waals surface area (Å²) in [4.78, 5) is 0. The van der Waals surface area contributed by atoms with Gasteiger partial charge in [-0.15, -0.1) is 0 Å². The molecule has 78 valence electrons. The molecule has 0 saturated heterocycles. The standard InChI is InChI=1S/C10H20O2S/c1-2-13(11,12)9-5-8-10-6-3-4-7-10/h10H,2-9H2,1H3. The molecule has 1 saturated carbocycles. The lowest BCUT2D eigenvalue weighted by Crippen LogP contribution is -2.09. The highest BCUT2D eigenvalue weighted by Crippen LogP contribution is 2.28. The molecule has 0 radical (unpaired) electrons. The van der Waals surface area contributed by atoms with Crippen molar-refractivity contribution in [2.24, 2.45) is 5.92 Å². The lowest BCUT2D eigenvalue weighted by Gasteiger charge is -2.07. The highest BCUT2D eigenvalue weighted by molar-refractivity contribution is 7.91. The summed E-state index contributed by atoms with van der Waals surface area (Å²) in [5.41, 5.74) is 0. The van der Waals surface area contributed by atoms with Crippen molar-refractivity contribution in [2.45, 2.75) is 45.4 Å². The highest BCUT2D eigenvalue weighted by atomic mass is 32.2. The molecule has 0 aromatic carbocycles. The topological polar surface area (TPSA) is 34.1 Å². The van der Waals surface area contributed by atoms with Gasteiger partial charge in [-0.25, -0.2) is 8.42 Å². The number of hydrogen-bond donors (Lipinski definition) is 0. The smallest absolute Gasteiger partial charge is 0.150 e. The Kier molecular flexibility index (Phi) is 4.23. The van der Waals surface area contributed by atoms with Gasteiger partial charge in [-0.1, -0.05) is 32.6 Å². The summed E-state index contributed by atoms with van der Waals surface area (Å²) >= 11 is 0. The zero-order valence-electron chi connectivity index (χ0n) is 8.46. The Morgan fingerprint density at radius 3 is 2.38 bits per heavy atom. The van der Waals surface area contributed by atoms with Gasteiger partial charge in [0.05, 0.1) is 5.75 Å². The highest BCUT2D eigenvalue weighted by Gasteiger charge is 2.15. The Morgan fingerprint density at radius 2 is 1.85 bits per heavy atom. The van der Waals surface area contributed by atoms with Crippen molar-refractivity contribution in [1.29, 1.82) is 0 Å². The maximum Gasteiger partial charge on any atom is 0.150 e. The van der Waals surface area contributed by atoms with E-state index in [1.165, 1.54) is 25.7 Å². The number of hydrogen-bond acceptors (Lipinski definition) is 2. The molecule has 1 aliphatic rings. The van der Waals surface area contributed by atoms with Crippen molar-refractivity contribution in [2.75, 3.05) is 11.5 Å². The minimum atomic E-state index is -2.71. The van der Waals surface area contributed by atoms with Crippen molar-refractivity contribution in [3.8, 4) is 0 Å². The van der Waals surface area contributed by atoms with Crippen LogP contribution in [0.2, 0.25) is 0 Å². The molecule has 0 unspecified atom stereocenters. The first-order valence-electron chi connectivity index (χ1n) is 5.34. The predicted octanol–water partition coefficient (Wildman–Crippen LogP) is 2.39. The Labute approximate surface area is 81.6 Å². The van der Waals surface area contributed by atoms with E-state index in [2.05, 4.69) is 0 Å². The molecule has 3 heteroatoms. The summed E-state index contributed by atoms with van der Waals surface area (Å²) in [5.74, 6) is 1.53. The fraction of sp³-hybridized carbons (Fsp3) is 1.00. The SMILES string of the molecule is CCS(=O)(=O)CCCC1CCCC1. The molecule has 0 heterocycles. The van der Waals surface area contributed by atoms with E-state index in [-0.39, 0.29) is 0 Å². The molecule has 0 aromatic heterocycles. The zero-order chi connectivity index (χ0) is 9.73. The molecule has 0 aliphatic heterocycles. The molecule has 0 amide bonds. The van der Waals surface area contributed by atoms with E-state index in [9.17, 15) is 8.42 Å². The molecule has 0 spiro atoms. The lowest BCUT2D eigenvalue weighted by atomic mass is 10.0. The third-order valence-electron chi connectivity index (χ3n) is 2.98. The normalized spacial score (nSPS) is 19.5. The molecule has 13 heavy (non-hydrogen) atoms. The van der Waals surface area contributed by atoms with Gasteiger partial charge in [-0.2, -0.15) is 0 Å². The van der Waals surface area contributed by atoms with Gasteiger partial charge in [0.1, 0.15) is 9.84 Å². The van der Waals surface area contributed by atoms with Crippen LogP contribution < -0.4 is 0 Å². The van der Waals surface area contributed by atoms with E-state index in [0.717, 1.165) is 18.8 Å². The van der Waals surface area contributed by atoms with Gasteiger partial charge < -0.3 is 0 Å². The lowest BCUT2D eigenvalue weighted by molar-refractivity contribution is 0.494. The van der Waals surface area contributed by atoms with E-state index in [0.29, 0.717) is 11.5 Å². The average Bonchev–Trinajstić information content (AvgIpc) is 2.57. The van der Waals surface area contributed by atoms with Crippen LogP contribution in [0.1, 0.15) is 45.4 Å². The zero-order valence-corrected chi connectivity index (χ0v) is 9.28. The number of sulfone groups is 1. The second-order valence-corrected chi connectivity index (χ2v) is 6.50. The first kappa shape index (κ1) is 11.0. The van der Waals surface area contributed by atoms with E-state index in [1.54, 1.807) is 6.92 Å². The second-order valence-electron chi connectivity index (χ2n) is 4.03. The fourth-order valence-electron chi connectivity index (χ4n) is 2.04. The summed E-state index contributed by atoms with van der Waals surface area (Å²) in [7, 11) is -2.71. The van der Waals surface area contributed by atoms with Crippen LogP contribution in [0.4, 0.5) is 0 Å². The van der Waals surface area contributed by atoms with E-state index in [4.69, 9.17) is 0 Å². The van der Waals surface area contributed by atoms with Crippen LogP contribution in [0, 0.1) is 5.92 Å². The quantitative estimate of drug-likeness (QED) is 0.689. The molecule has 0 aromatic rings. The van der Waals surface area contributed by atoms with Crippen LogP contribution in [0.3, 0.4) is 0 Å². The molecule has 0 atom stereocenters. The summed E-state index contributed by atoms with van der Waals surface area (Å²) < 4.78 is 22.3. The summed E-state index contributed by atoms with van der Waals surface area (Å²) in [6.45, 7) is 1.73. The minimum absolute atomic E-state index is 0.303. The number of rotatable bonds is 5. The van der Waals surface area contributed by atoms with E-state index < -0.39 is 9.84 Å². The van der Waals surface area contributed by atoms with E-state index in [1.807, 2.05) is 0 Å². The first-order valence-corrected chi connectivity index (χ1v) is 7.16. The first-order chi connectivity index (χ1) is 6.14. The van der Waals surface area contributed by atoms with Crippen LogP contribution in [-0.4, -0.2) is 19.9 Å². The van der Waals surface area contributed by atoms with Crippen molar-refractivity contribution >= 4 is 9.84 Å². The van der Waals surface area contributed by atoms with Gasteiger partial charge in [0.25, 0.3) is 0 Å². The van der Waals surface area contributed by atoms with Gasteiger partial charge in [0.15, 0.2) is 0 Å². The maximum absolute atomic E-state index is 11.2. The summed E-state index contributed by atoms with van der Waals surface area (Å²) in [6, 6.07) is 0. The third-order valence-corrected chi connectivity index (χ3v) is 4.77. The molecule has 0 N–H and O–H groups in total. The van der Waals surface area contributed by atoms with Crippen molar-refractivity contribution in [1.82, 2.24) is 0 Å². The fourth-order valence-corrected chi connectivity index (χ4v) is 2.93. The van der Waals surface area contributed by atoms with Gasteiger partial charge >= 0.3 is 0 Å². The van der Waals surface area contributed by atoms with E-state index >= 15 is 0 Å². The second kappa shape index (κ2) is 4.99. The maximum atomic E-state index is 11.2. The van der Waals surface area contributed by atoms with Gasteiger partial charge in [-0.3, -0.25) is 0 Å². The molecular formula is C10H20O2S. The molecule has 2 nitrogen and oxygen atoms in total. The van der Waals surface area contributed by atoms with Crippen LogP contribution >= 0.6 is 0 Å².